The normalized spacial score (nSPS) is 24.5. The fourth-order valence-electron chi connectivity index (χ4n) is 2.85. The minimum absolute atomic E-state index is 0.442. The summed E-state index contributed by atoms with van der Waals surface area (Å²) in [6.07, 6.45) is 7.72. The maximum Gasteiger partial charge on any atom is 0.203 e. The van der Waals surface area contributed by atoms with Crippen LogP contribution in [0.3, 0.4) is 0 Å². The Morgan fingerprint density at radius 3 is 2.61 bits per heavy atom. The lowest BCUT2D eigenvalue weighted by atomic mass is 9.83. The molecule has 1 heterocycles. The van der Waals surface area contributed by atoms with Crippen LogP contribution in [-0.4, -0.2) is 15.6 Å². The first-order chi connectivity index (χ1) is 8.54. The third kappa shape index (κ3) is 3.50. The number of anilines is 1. The van der Waals surface area contributed by atoms with Crippen molar-refractivity contribution >= 4 is 5.95 Å². The second-order valence-electron chi connectivity index (χ2n) is 6.28. The predicted molar refractivity (Wildman–Crippen MR) is 76.8 cm³/mol. The van der Waals surface area contributed by atoms with E-state index in [2.05, 4.69) is 48.8 Å². The standard InChI is InChI=1S/C15H27N3/c1-11(2)16-15-17-13(4)9-18(15)10-14-7-5-12(3)6-8-14/h9,11-12,14H,5-8,10H2,1-4H3,(H,16,17). The summed E-state index contributed by atoms with van der Waals surface area (Å²) in [5, 5.41) is 3.44. The van der Waals surface area contributed by atoms with E-state index in [4.69, 9.17) is 0 Å². The molecule has 3 heteroatoms. The van der Waals surface area contributed by atoms with Gasteiger partial charge >= 0.3 is 0 Å². The van der Waals surface area contributed by atoms with E-state index in [0.29, 0.717) is 6.04 Å². The second kappa shape index (κ2) is 5.77. The van der Waals surface area contributed by atoms with Crippen LogP contribution < -0.4 is 5.32 Å². The summed E-state index contributed by atoms with van der Waals surface area (Å²) >= 11 is 0. The minimum Gasteiger partial charge on any atom is -0.353 e. The smallest absolute Gasteiger partial charge is 0.203 e. The maximum absolute atomic E-state index is 4.58. The molecule has 0 atom stereocenters. The van der Waals surface area contributed by atoms with Crippen molar-refractivity contribution in [3.05, 3.63) is 11.9 Å². The predicted octanol–water partition coefficient (Wildman–Crippen LogP) is 3.84. The molecule has 0 spiro atoms. The molecule has 0 saturated heterocycles. The van der Waals surface area contributed by atoms with Crippen LogP contribution in [0, 0.1) is 18.8 Å². The molecule has 18 heavy (non-hydrogen) atoms. The van der Waals surface area contributed by atoms with Crippen molar-refractivity contribution in [2.75, 3.05) is 5.32 Å². The van der Waals surface area contributed by atoms with Gasteiger partial charge in [0.1, 0.15) is 0 Å². The number of hydrogen-bond donors (Lipinski definition) is 1. The van der Waals surface area contributed by atoms with Crippen LogP contribution in [0.15, 0.2) is 6.20 Å². The number of nitrogens with one attached hydrogen (secondary N) is 1. The van der Waals surface area contributed by atoms with Gasteiger partial charge in [0.15, 0.2) is 0 Å². The molecule has 1 aromatic heterocycles. The van der Waals surface area contributed by atoms with Crippen LogP contribution in [0.4, 0.5) is 5.95 Å². The fraction of sp³-hybridized carbons (Fsp3) is 0.800. The Bertz CT molecular complexity index is 373. The third-order valence-corrected chi connectivity index (χ3v) is 3.91. The molecule has 0 aromatic carbocycles. The quantitative estimate of drug-likeness (QED) is 0.878. The molecule has 2 rings (SSSR count). The molecule has 1 aliphatic rings. The topological polar surface area (TPSA) is 29.9 Å². The lowest BCUT2D eigenvalue weighted by molar-refractivity contribution is 0.265. The van der Waals surface area contributed by atoms with Crippen LogP contribution in [0.5, 0.6) is 0 Å². The highest BCUT2D eigenvalue weighted by Crippen LogP contribution is 2.30. The summed E-state index contributed by atoms with van der Waals surface area (Å²) in [4.78, 5) is 4.58. The molecule has 102 valence electrons. The van der Waals surface area contributed by atoms with Gasteiger partial charge in [0, 0.05) is 18.8 Å². The van der Waals surface area contributed by atoms with Gasteiger partial charge < -0.3 is 9.88 Å². The van der Waals surface area contributed by atoms with E-state index in [9.17, 15) is 0 Å². The minimum atomic E-state index is 0.442. The van der Waals surface area contributed by atoms with Crippen LogP contribution in [0.1, 0.15) is 52.1 Å². The van der Waals surface area contributed by atoms with Crippen molar-refractivity contribution in [1.82, 2.24) is 9.55 Å². The van der Waals surface area contributed by atoms with Crippen molar-refractivity contribution in [3.63, 3.8) is 0 Å². The average molecular weight is 249 g/mol. The van der Waals surface area contributed by atoms with E-state index < -0.39 is 0 Å². The van der Waals surface area contributed by atoms with Crippen LogP contribution in [0.25, 0.3) is 0 Å². The lowest BCUT2D eigenvalue weighted by Gasteiger charge is -2.27. The number of hydrogen-bond acceptors (Lipinski definition) is 2. The number of aryl methyl sites for hydroxylation is 1. The van der Waals surface area contributed by atoms with Gasteiger partial charge in [-0.2, -0.15) is 0 Å². The second-order valence-corrected chi connectivity index (χ2v) is 6.28. The first-order valence-electron chi connectivity index (χ1n) is 7.35. The van der Waals surface area contributed by atoms with E-state index in [-0.39, 0.29) is 0 Å². The zero-order valence-electron chi connectivity index (χ0n) is 12.2. The third-order valence-electron chi connectivity index (χ3n) is 3.91. The zero-order chi connectivity index (χ0) is 13.1. The van der Waals surface area contributed by atoms with E-state index in [0.717, 1.165) is 30.0 Å². The Kier molecular flexibility index (Phi) is 4.31. The monoisotopic (exact) mass is 249 g/mol. The van der Waals surface area contributed by atoms with Crippen LogP contribution in [0.2, 0.25) is 0 Å². The van der Waals surface area contributed by atoms with Gasteiger partial charge in [0.2, 0.25) is 5.95 Å². The molecule has 1 aromatic rings. The highest BCUT2D eigenvalue weighted by Gasteiger charge is 2.19. The first-order valence-corrected chi connectivity index (χ1v) is 7.35. The molecule has 1 aliphatic carbocycles. The molecular formula is C15H27N3. The van der Waals surface area contributed by atoms with Gasteiger partial charge in [0.25, 0.3) is 0 Å². The number of rotatable bonds is 4. The number of imidazole rings is 1. The highest BCUT2D eigenvalue weighted by molar-refractivity contribution is 5.29. The van der Waals surface area contributed by atoms with Gasteiger partial charge in [-0.1, -0.05) is 19.8 Å². The maximum atomic E-state index is 4.58. The van der Waals surface area contributed by atoms with Crippen LogP contribution in [-0.2, 0) is 6.54 Å². The summed E-state index contributed by atoms with van der Waals surface area (Å²) in [5.41, 5.74) is 1.11. The van der Waals surface area contributed by atoms with Crippen molar-refractivity contribution in [2.24, 2.45) is 11.8 Å². The Morgan fingerprint density at radius 2 is 2.00 bits per heavy atom. The van der Waals surface area contributed by atoms with E-state index in [1.165, 1.54) is 25.7 Å². The average Bonchev–Trinajstić information content (AvgIpc) is 2.61. The van der Waals surface area contributed by atoms with Crippen LogP contribution >= 0.6 is 0 Å². The summed E-state index contributed by atoms with van der Waals surface area (Å²) in [7, 11) is 0. The zero-order valence-corrected chi connectivity index (χ0v) is 12.2. The number of aromatic nitrogens is 2. The highest BCUT2D eigenvalue weighted by atomic mass is 15.2. The van der Waals surface area contributed by atoms with Gasteiger partial charge in [-0.05, 0) is 45.4 Å². The molecular weight excluding hydrogens is 222 g/mol. The van der Waals surface area contributed by atoms with Gasteiger partial charge in [-0.25, -0.2) is 4.98 Å². The molecule has 1 saturated carbocycles. The van der Waals surface area contributed by atoms with Gasteiger partial charge in [-0.3, -0.25) is 0 Å². The van der Waals surface area contributed by atoms with Gasteiger partial charge in [0.05, 0.1) is 5.69 Å². The number of nitrogens with zero attached hydrogens (tertiary/aromatic N) is 2. The first kappa shape index (κ1) is 13.4. The van der Waals surface area contributed by atoms with E-state index >= 15 is 0 Å². The molecule has 0 bridgehead atoms. The summed E-state index contributed by atoms with van der Waals surface area (Å²) in [5.74, 6) is 2.81. The molecule has 0 unspecified atom stereocenters. The van der Waals surface area contributed by atoms with Gasteiger partial charge in [-0.15, -0.1) is 0 Å². The van der Waals surface area contributed by atoms with Crippen molar-refractivity contribution in [1.29, 1.82) is 0 Å². The van der Waals surface area contributed by atoms with E-state index in [1.807, 2.05) is 0 Å². The largest absolute Gasteiger partial charge is 0.353 e. The fourth-order valence-corrected chi connectivity index (χ4v) is 2.85. The van der Waals surface area contributed by atoms with Crippen molar-refractivity contribution in [2.45, 2.75) is 66.0 Å². The lowest BCUT2D eigenvalue weighted by Crippen LogP contribution is -2.20. The molecule has 1 N–H and O–H groups in total. The Labute approximate surface area is 111 Å². The summed E-state index contributed by atoms with van der Waals surface area (Å²) in [6.45, 7) is 9.91. The molecule has 3 nitrogen and oxygen atoms in total. The Morgan fingerprint density at radius 1 is 1.33 bits per heavy atom. The van der Waals surface area contributed by atoms with E-state index in [1.54, 1.807) is 0 Å². The Hall–Kier alpha value is -0.990. The Balaban J connectivity index is 1.99. The summed E-state index contributed by atoms with van der Waals surface area (Å²) in [6, 6.07) is 0.442. The SMILES string of the molecule is Cc1cn(CC2CCC(C)CC2)c(NC(C)C)n1. The van der Waals surface area contributed by atoms with Crippen molar-refractivity contribution < 1.29 is 0 Å². The molecule has 0 radical (unpaired) electrons. The molecule has 1 fully saturated rings. The molecule has 0 aliphatic heterocycles. The van der Waals surface area contributed by atoms with Crippen molar-refractivity contribution in [3.8, 4) is 0 Å². The molecule has 0 amide bonds. The summed E-state index contributed by atoms with van der Waals surface area (Å²) < 4.78 is 2.32.